The van der Waals surface area contributed by atoms with E-state index in [1.54, 1.807) is 0 Å². The van der Waals surface area contributed by atoms with Crippen molar-refractivity contribution in [3.05, 3.63) is 0 Å². The van der Waals surface area contributed by atoms with E-state index in [-0.39, 0.29) is 18.4 Å². The Morgan fingerprint density at radius 3 is 2.13 bits per heavy atom. The third-order valence-corrected chi connectivity index (χ3v) is 5.08. The van der Waals surface area contributed by atoms with E-state index in [1.165, 1.54) is 32.1 Å². The molecular weight excluding hydrogens is 234 g/mol. The van der Waals surface area contributed by atoms with Crippen LogP contribution in [-0.2, 0) is 9.84 Å². The van der Waals surface area contributed by atoms with Crippen molar-refractivity contribution in [1.29, 1.82) is 0 Å². The molecule has 0 bridgehead atoms. The molecule has 3 nitrogen and oxygen atoms in total. The van der Waals surface area contributed by atoms with E-state index in [1.807, 2.05) is 0 Å². The number of hydrogen-bond donors (Lipinski definition) is 1. The first kappa shape index (κ1) is 13.3. The van der Waals surface area contributed by atoms with Crippen LogP contribution in [0.2, 0.25) is 0 Å². The topological polar surface area (TPSA) is 46.2 Å². The van der Waals surface area contributed by atoms with Crippen molar-refractivity contribution in [2.75, 3.05) is 11.5 Å². The van der Waals surface area contributed by atoms with E-state index in [0.717, 1.165) is 6.42 Å². The summed E-state index contributed by atoms with van der Waals surface area (Å²) < 4.78 is 22.5. The molecule has 1 aliphatic heterocycles. The van der Waals surface area contributed by atoms with Crippen LogP contribution in [0.3, 0.4) is 0 Å². The zero-order valence-electron chi connectivity index (χ0n) is 8.91. The van der Waals surface area contributed by atoms with Crippen LogP contribution in [0.15, 0.2) is 0 Å². The third kappa shape index (κ3) is 3.93. The molecule has 2 rings (SSSR count). The lowest BCUT2D eigenvalue weighted by molar-refractivity contribution is -0.00000563. The molecule has 15 heavy (non-hydrogen) atoms. The molecule has 1 aliphatic carbocycles. The Kier molecular flexibility index (Phi) is 4.87. The predicted molar refractivity (Wildman–Crippen MR) is 57.1 cm³/mol. The number of nitrogens with one attached hydrogen (secondary N) is 1. The van der Waals surface area contributed by atoms with E-state index < -0.39 is 9.84 Å². The quantitative estimate of drug-likeness (QED) is 0.625. The Morgan fingerprint density at radius 2 is 1.60 bits per heavy atom. The summed E-state index contributed by atoms with van der Waals surface area (Å²) in [5.41, 5.74) is 0. The Balaban J connectivity index is 0.00000112. The molecule has 0 aromatic carbocycles. The van der Waals surface area contributed by atoms with Gasteiger partial charge in [0.1, 0.15) is 0 Å². The zero-order chi connectivity index (χ0) is 10.0. The summed E-state index contributed by atoms with van der Waals surface area (Å²) in [5, 5.41) is 3.49. The Labute approximate surface area is 98.3 Å². The van der Waals surface area contributed by atoms with Gasteiger partial charge in [-0.3, -0.25) is 0 Å². The van der Waals surface area contributed by atoms with Crippen molar-refractivity contribution in [3.63, 3.8) is 0 Å². The predicted octanol–water partition coefficient (Wildman–Crippen LogP) is -1.90. The minimum atomic E-state index is -2.71. The van der Waals surface area contributed by atoms with Gasteiger partial charge in [0, 0.05) is 12.1 Å². The largest absolute Gasteiger partial charge is 1.00 e. The maximum Gasteiger partial charge on any atom is 0.151 e. The van der Waals surface area contributed by atoms with E-state index >= 15 is 0 Å². The van der Waals surface area contributed by atoms with Crippen molar-refractivity contribution >= 4 is 9.84 Å². The fourth-order valence-corrected chi connectivity index (χ4v) is 4.22. The Bertz CT molecular complexity index is 286. The second kappa shape index (κ2) is 5.51. The first-order valence-electron chi connectivity index (χ1n) is 5.62. The van der Waals surface area contributed by atoms with Gasteiger partial charge in [0.05, 0.1) is 11.5 Å². The standard InChI is InChI=1S/C10H19NO2S.ClH/c12-14(13)7-6-10(8-14)11-9-4-2-1-3-5-9;/h9-11H,1-8H2;1H/p-1. The smallest absolute Gasteiger partial charge is 0.151 e. The van der Waals surface area contributed by atoms with Crippen molar-refractivity contribution in [3.8, 4) is 0 Å². The maximum atomic E-state index is 11.2. The average Bonchev–Trinajstić information content (AvgIpc) is 2.47. The first-order valence-corrected chi connectivity index (χ1v) is 7.44. The van der Waals surface area contributed by atoms with Crippen LogP contribution in [-0.4, -0.2) is 32.0 Å². The van der Waals surface area contributed by atoms with Gasteiger partial charge in [-0.1, -0.05) is 19.3 Å². The van der Waals surface area contributed by atoms with E-state index in [9.17, 15) is 8.42 Å². The molecule has 1 saturated carbocycles. The minimum absolute atomic E-state index is 0. The molecule has 0 radical (unpaired) electrons. The van der Waals surface area contributed by atoms with Crippen molar-refractivity contribution < 1.29 is 20.8 Å². The van der Waals surface area contributed by atoms with E-state index in [0.29, 0.717) is 17.5 Å². The highest BCUT2D eigenvalue weighted by Crippen LogP contribution is 2.20. The molecule has 1 atom stereocenters. The molecule has 0 amide bonds. The number of hydrogen-bond acceptors (Lipinski definition) is 3. The molecule has 1 heterocycles. The lowest BCUT2D eigenvalue weighted by Gasteiger charge is -2.25. The number of sulfone groups is 1. The van der Waals surface area contributed by atoms with Gasteiger partial charge >= 0.3 is 0 Å². The second-order valence-electron chi connectivity index (χ2n) is 4.60. The van der Waals surface area contributed by atoms with Gasteiger partial charge in [-0.15, -0.1) is 0 Å². The van der Waals surface area contributed by atoms with Crippen LogP contribution in [0.1, 0.15) is 38.5 Å². The SMILES string of the molecule is O=S1(=O)CCC(NC2CCCCC2)C1.[Cl-]. The molecule has 5 heteroatoms. The van der Waals surface area contributed by atoms with Gasteiger partial charge in [0.2, 0.25) is 0 Å². The van der Waals surface area contributed by atoms with Gasteiger partial charge in [0.15, 0.2) is 9.84 Å². The highest BCUT2D eigenvalue weighted by Gasteiger charge is 2.29. The molecule has 2 fully saturated rings. The summed E-state index contributed by atoms with van der Waals surface area (Å²) in [6.07, 6.45) is 7.24. The maximum absolute atomic E-state index is 11.2. The van der Waals surface area contributed by atoms with Gasteiger partial charge in [-0.05, 0) is 19.3 Å². The lowest BCUT2D eigenvalue weighted by atomic mass is 9.95. The van der Waals surface area contributed by atoms with E-state index in [4.69, 9.17) is 0 Å². The van der Waals surface area contributed by atoms with Crippen LogP contribution in [0.4, 0.5) is 0 Å². The normalized spacial score (nSPS) is 31.1. The van der Waals surface area contributed by atoms with Crippen LogP contribution < -0.4 is 17.7 Å². The fourth-order valence-electron chi connectivity index (χ4n) is 2.53. The van der Waals surface area contributed by atoms with Gasteiger partial charge in [-0.25, -0.2) is 8.42 Å². The zero-order valence-corrected chi connectivity index (χ0v) is 10.5. The fraction of sp³-hybridized carbons (Fsp3) is 1.00. The Morgan fingerprint density at radius 1 is 0.933 bits per heavy atom. The first-order chi connectivity index (χ1) is 6.66. The van der Waals surface area contributed by atoms with Crippen molar-refractivity contribution in [2.45, 2.75) is 50.6 Å². The minimum Gasteiger partial charge on any atom is -1.00 e. The van der Waals surface area contributed by atoms with Crippen LogP contribution in [0.5, 0.6) is 0 Å². The van der Waals surface area contributed by atoms with Crippen LogP contribution in [0, 0.1) is 0 Å². The molecule has 90 valence electrons. The summed E-state index contributed by atoms with van der Waals surface area (Å²) in [6, 6.07) is 0.824. The molecule has 2 aliphatic rings. The summed E-state index contributed by atoms with van der Waals surface area (Å²) in [5.74, 6) is 0.751. The lowest BCUT2D eigenvalue weighted by Crippen LogP contribution is -3.00. The molecular formula is C10H19ClNO2S-. The third-order valence-electron chi connectivity index (χ3n) is 3.31. The summed E-state index contributed by atoms with van der Waals surface area (Å²) in [6.45, 7) is 0. The molecule has 0 aromatic heterocycles. The average molecular weight is 253 g/mol. The van der Waals surface area contributed by atoms with Gasteiger partial charge < -0.3 is 17.7 Å². The van der Waals surface area contributed by atoms with Crippen LogP contribution >= 0.6 is 0 Å². The van der Waals surface area contributed by atoms with Crippen molar-refractivity contribution in [1.82, 2.24) is 5.32 Å². The molecule has 0 spiro atoms. The van der Waals surface area contributed by atoms with Crippen molar-refractivity contribution in [2.24, 2.45) is 0 Å². The van der Waals surface area contributed by atoms with Gasteiger partial charge in [-0.2, -0.15) is 0 Å². The molecule has 1 saturated heterocycles. The van der Waals surface area contributed by atoms with Gasteiger partial charge in [0.25, 0.3) is 0 Å². The highest BCUT2D eigenvalue weighted by molar-refractivity contribution is 7.91. The number of rotatable bonds is 2. The molecule has 1 N–H and O–H groups in total. The highest BCUT2D eigenvalue weighted by atomic mass is 35.5. The second-order valence-corrected chi connectivity index (χ2v) is 6.83. The summed E-state index contributed by atoms with van der Waals surface area (Å²) >= 11 is 0. The Hall–Kier alpha value is 0.200. The number of halogens is 1. The molecule has 0 aromatic rings. The summed E-state index contributed by atoms with van der Waals surface area (Å²) in [7, 11) is -2.71. The summed E-state index contributed by atoms with van der Waals surface area (Å²) in [4.78, 5) is 0. The van der Waals surface area contributed by atoms with E-state index in [2.05, 4.69) is 5.32 Å². The van der Waals surface area contributed by atoms with Crippen LogP contribution in [0.25, 0.3) is 0 Å². The monoisotopic (exact) mass is 252 g/mol. The molecule has 1 unspecified atom stereocenters.